The van der Waals surface area contributed by atoms with Crippen LogP contribution >= 0.6 is 11.6 Å². The van der Waals surface area contributed by atoms with Crippen molar-refractivity contribution < 1.29 is 23.5 Å². The number of carbonyl (C=O) groups is 2. The summed E-state index contributed by atoms with van der Waals surface area (Å²) in [5.74, 6) is -0.590. The van der Waals surface area contributed by atoms with E-state index in [0.717, 1.165) is 32.4 Å². The van der Waals surface area contributed by atoms with Gasteiger partial charge in [-0.15, -0.1) is 0 Å². The second kappa shape index (κ2) is 10.3. The van der Waals surface area contributed by atoms with E-state index < -0.39 is 11.7 Å². The monoisotopic (exact) mass is 434 g/mol. The van der Waals surface area contributed by atoms with E-state index in [1.807, 2.05) is 0 Å². The number of amides is 2. The Morgan fingerprint density at radius 3 is 2.60 bits per heavy atom. The van der Waals surface area contributed by atoms with Crippen LogP contribution in [-0.2, 0) is 4.79 Å². The molecule has 1 saturated heterocycles. The molecule has 1 aliphatic rings. The third kappa shape index (κ3) is 5.42. The van der Waals surface area contributed by atoms with Crippen molar-refractivity contribution in [3.05, 3.63) is 52.8 Å². The van der Waals surface area contributed by atoms with Gasteiger partial charge in [0, 0.05) is 18.7 Å². The van der Waals surface area contributed by atoms with E-state index in [4.69, 9.17) is 21.1 Å². The number of hydrogen-bond donors (Lipinski definition) is 1. The van der Waals surface area contributed by atoms with E-state index >= 15 is 0 Å². The first-order chi connectivity index (χ1) is 14.5. The van der Waals surface area contributed by atoms with Gasteiger partial charge in [0.1, 0.15) is 0 Å². The molecule has 0 saturated carbocycles. The maximum atomic E-state index is 14.0. The van der Waals surface area contributed by atoms with Crippen molar-refractivity contribution >= 4 is 29.1 Å². The van der Waals surface area contributed by atoms with E-state index in [9.17, 15) is 14.0 Å². The molecule has 0 atom stereocenters. The molecule has 0 unspecified atom stereocenters. The zero-order valence-corrected chi connectivity index (χ0v) is 17.5. The molecule has 2 aromatic carbocycles. The second-order valence-corrected chi connectivity index (χ2v) is 7.29. The predicted octanol–water partition coefficient (Wildman–Crippen LogP) is 4.52. The summed E-state index contributed by atoms with van der Waals surface area (Å²) in [5, 5.41) is 2.42. The van der Waals surface area contributed by atoms with Crippen LogP contribution in [-0.4, -0.2) is 43.0 Å². The second-order valence-electron chi connectivity index (χ2n) is 6.88. The Hall–Kier alpha value is -2.80. The van der Waals surface area contributed by atoms with Gasteiger partial charge in [-0.1, -0.05) is 17.7 Å². The van der Waals surface area contributed by atoms with Crippen molar-refractivity contribution in [3.8, 4) is 11.5 Å². The van der Waals surface area contributed by atoms with Gasteiger partial charge in [-0.2, -0.15) is 0 Å². The number of piperidine rings is 1. The third-order valence-corrected chi connectivity index (χ3v) is 5.06. The van der Waals surface area contributed by atoms with Crippen molar-refractivity contribution in [1.29, 1.82) is 0 Å². The molecule has 2 aromatic rings. The summed E-state index contributed by atoms with van der Waals surface area (Å²) in [4.78, 5) is 26.7. The average Bonchev–Trinajstić information content (AvgIpc) is 2.76. The number of carbonyl (C=O) groups excluding carboxylic acids is 2. The molecular weight excluding hydrogens is 411 g/mol. The van der Waals surface area contributed by atoms with E-state index in [1.54, 1.807) is 24.0 Å². The zero-order valence-electron chi connectivity index (χ0n) is 16.7. The third-order valence-electron chi connectivity index (χ3n) is 4.77. The fraction of sp³-hybridized carbons (Fsp3) is 0.364. The summed E-state index contributed by atoms with van der Waals surface area (Å²) >= 11 is 5.75. The summed E-state index contributed by atoms with van der Waals surface area (Å²) < 4.78 is 25.3. The molecule has 0 aliphatic carbocycles. The predicted molar refractivity (Wildman–Crippen MR) is 113 cm³/mol. The molecule has 8 heteroatoms. The van der Waals surface area contributed by atoms with Crippen molar-refractivity contribution in [2.24, 2.45) is 0 Å². The topological polar surface area (TPSA) is 67.9 Å². The Bertz CT molecular complexity index is 916. The molecule has 2 amide bonds. The molecular formula is C22H24ClFN2O4. The molecule has 6 nitrogen and oxygen atoms in total. The van der Waals surface area contributed by atoms with Crippen molar-refractivity contribution in [1.82, 2.24) is 4.90 Å². The fourth-order valence-corrected chi connectivity index (χ4v) is 3.38. The van der Waals surface area contributed by atoms with Crippen LogP contribution in [0, 0.1) is 5.82 Å². The lowest BCUT2D eigenvalue weighted by molar-refractivity contribution is -0.134. The van der Waals surface area contributed by atoms with E-state index in [-0.39, 0.29) is 28.8 Å². The van der Waals surface area contributed by atoms with Gasteiger partial charge < -0.3 is 19.7 Å². The summed E-state index contributed by atoms with van der Waals surface area (Å²) in [5.41, 5.74) is 0.241. The highest BCUT2D eigenvalue weighted by Gasteiger charge is 2.19. The standard InChI is InChI=1S/C22H24ClFN2O4/c1-2-29-19-13-15(22(28)25-17-8-6-7-16(23)21(17)24)9-10-18(19)30-14-20(27)26-11-4-3-5-12-26/h6-10,13H,2-5,11-12,14H2,1H3,(H,25,28). The van der Waals surface area contributed by atoms with Gasteiger partial charge in [0.05, 0.1) is 17.3 Å². The molecule has 1 fully saturated rings. The van der Waals surface area contributed by atoms with E-state index in [2.05, 4.69) is 5.32 Å². The number of ether oxygens (including phenoxy) is 2. The van der Waals surface area contributed by atoms with Gasteiger partial charge in [0.25, 0.3) is 11.8 Å². The summed E-state index contributed by atoms with van der Waals surface area (Å²) in [6.45, 7) is 3.56. The van der Waals surface area contributed by atoms with Crippen LogP contribution in [0.2, 0.25) is 5.02 Å². The lowest BCUT2D eigenvalue weighted by Crippen LogP contribution is -2.38. The summed E-state index contributed by atoms with van der Waals surface area (Å²) in [7, 11) is 0. The van der Waals surface area contributed by atoms with E-state index in [1.165, 1.54) is 24.3 Å². The lowest BCUT2D eigenvalue weighted by Gasteiger charge is -2.26. The van der Waals surface area contributed by atoms with Gasteiger partial charge in [-0.3, -0.25) is 9.59 Å². The SMILES string of the molecule is CCOc1cc(C(=O)Nc2cccc(Cl)c2F)ccc1OCC(=O)N1CCCCC1. The van der Waals surface area contributed by atoms with E-state index in [0.29, 0.717) is 18.1 Å². The minimum atomic E-state index is -0.700. The van der Waals surface area contributed by atoms with Gasteiger partial charge in [-0.05, 0) is 56.5 Å². The van der Waals surface area contributed by atoms with Gasteiger partial charge in [0.15, 0.2) is 23.9 Å². The van der Waals surface area contributed by atoms with Crippen LogP contribution in [0.3, 0.4) is 0 Å². The van der Waals surface area contributed by atoms with Crippen molar-refractivity contribution in [2.75, 3.05) is 31.6 Å². The lowest BCUT2D eigenvalue weighted by atomic mass is 10.1. The van der Waals surface area contributed by atoms with Gasteiger partial charge >= 0.3 is 0 Å². The van der Waals surface area contributed by atoms with Crippen LogP contribution in [0.1, 0.15) is 36.5 Å². The molecule has 0 spiro atoms. The Kier molecular flexibility index (Phi) is 7.52. The first-order valence-corrected chi connectivity index (χ1v) is 10.3. The summed E-state index contributed by atoms with van der Waals surface area (Å²) in [6.07, 6.45) is 3.15. The minimum Gasteiger partial charge on any atom is -0.490 e. The molecule has 1 aliphatic heterocycles. The molecule has 1 heterocycles. The highest BCUT2D eigenvalue weighted by Crippen LogP contribution is 2.30. The quantitative estimate of drug-likeness (QED) is 0.695. The highest BCUT2D eigenvalue weighted by atomic mass is 35.5. The van der Waals surface area contributed by atoms with Crippen LogP contribution in [0.5, 0.6) is 11.5 Å². The first-order valence-electron chi connectivity index (χ1n) is 9.92. The number of nitrogens with one attached hydrogen (secondary N) is 1. The number of hydrogen-bond acceptors (Lipinski definition) is 4. The van der Waals surface area contributed by atoms with Crippen LogP contribution in [0.25, 0.3) is 0 Å². The van der Waals surface area contributed by atoms with Gasteiger partial charge in [0.2, 0.25) is 0 Å². The van der Waals surface area contributed by atoms with Crippen molar-refractivity contribution in [3.63, 3.8) is 0 Å². The average molecular weight is 435 g/mol. The van der Waals surface area contributed by atoms with Crippen LogP contribution in [0.15, 0.2) is 36.4 Å². The Labute approximate surface area is 179 Å². The van der Waals surface area contributed by atoms with Crippen LogP contribution < -0.4 is 14.8 Å². The molecule has 160 valence electrons. The molecule has 3 rings (SSSR count). The zero-order chi connectivity index (χ0) is 21.5. The normalized spacial score (nSPS) is 13.6. The largest absolute Gasteiger partial charge is 0.490 e. The molecule has 0 aromatic heterocycles. The number of likely N-dealkylation sites (tertiary alicyclic amines) is 1. The summed E-state index contributed by atoms with van der Waals surface area (Å²) in [6, 6.07) is 8.97. The number of benzene rings is 2. The van der Waals surface area contributed by atoms with Crippen LogP contribution in [0.4, 0.5) is 10.1 Å². The Balaban J connectivity index is 1.70. The Morgan fingerprint density at radius 1 is 1.10 bits per heavy atom. The molecule has 0 radical (unpaired) electrons. The van der Waals surface area contributed by atoms with Crippen molar-refractivity contribution in [2.45, 2.75) is 26.2 Å². The molecule has 30 heavy (non-hydrogen) atoms. The highest BCUT2D eigenvalue weighted by molar-refractivity contribution is 6.31. The first kappa shape index (κ1) is 21.9. The Morgan fingerprint density at radius 2 is 1.87 bits per heavy atom. The minimum absolute atomic E-state index is 0.0158. The molecule has 0 bridgehead atoms. The fourth-order valence-electron chi connectivity index (χ4n) is 3.21. The number of rotatable bonds is 7. The smallest absolute Gasteiger partial charge is 0.260 e. The maximum Gasteiger partial charge on any atom is 0.260 e. The maximum absolute atomic E-state index is 14.0. The number of anilines is 1. The van der Waals surface area contributed by atoms with Gasteiger partial charge in [-0.25, -0.2) is 4.39 Å². The molecule has 1 N–H and O–H groups in total. The number of nitrogens with zero attached hydrogens (tertiary/aromatic N) is 1. The number of halogens is 2.